The number of nitrogens with zero attached hydrogens (tertiary/aromatic N) is 1. The van der Waals surface area contributed by atoms with E-state index in [-0.39, 0.29) is 16.4 Å². The topological polar surface area (TPSA) is 81.5 Å². The molecule has 0 aliphatic carbocycles. The van der Waals surface area contributed by atoms with Crippen molar-refractivity contribution in [3.05, 3.63) is 63.4 Å². The molecule has 8 heteroatoms. The van der Waals surface area contributed by atoms with Gasteiger partial charge in [-0.25, -0.2) is 4.39 Å². The largest absolute Gasteiger partial charge is 0.478 e. The summed E-state index contributed by atoms with van der Waals surface area (Å²) >= 11 is 5.59. The lowest BCUT2D eigenvalue weighted by molar-refractivity contribution is -0.384. The number of nitro groups is 1. The molecule has 126 valence electrons. The first kappa shape index (κ1) is 17.7. The summed E-state index contributed by atoms with van der Waals surface area (Å²) in [5.41, 5.74) is -1.13. The molecule has 0 radical (unpaired) electrons. The molecule has 0 atom stereocenters. The molecular formula is C16H14ClFN2O4. The summed E-state index contributed by atoms with van der Waals surface area (Å²) in [5, 5.41) is 13.1. The van der Waals surface area contributed by atoms with Gasteiger partial charge in [0, 0.05) is 17.8 Å². The van der Waals surface area contributed by atoms with Gasteiger partial charge in [-0.1, -0.05) is 11.6 Å². The number of amides is 1. The Morgan fingerprint density at radius 2 is 1.88 bits per heavy atom. The number of non-ortho nitro benzene ring substituents is 1. The van der Waals surface area contributed by atoms with Gasteiger partial charge in [0.05, 0.1) is 9.95 Å². The van der Waals surface area contributed by atoms with Crippen molar-refractivity contribution in [3.8, 4) is 5.75 Å². The van der Waals surface area contributed by atoms with Gasteiger partial charge in [0.2, 0.25) is 0 Å². The summed E-state index contributed by atoms with van der Waals surface area (Å²) in [4.78, 5) is 22.4. The van der Waals surface area contributed by atoms with E-state index >= 15 is 0 Å². The third-order valence-corrected chi connectivity index (χ3v) is 3.45. The normalized spacial score (nSPS) is 11.0. The van der Waals surface area contributed by atoms with E-state index in [1.165, 1.54) is 50.2 Å². The van der Waals surface area contributed by atoms with Crippen LogP contribution in [-0.4, -0.2) is 16.4 Å². The van der Waals surface area contributed by atoms with Crippen LogP contribution in [0.4, 0.5) is 15.8 Å². The molecular weight excluding hydrogens is 339 g/mol. The Labute approximate surface area is 142 Å². The van der Waals surface area contributed by atoms with Crippen molar-refractivity contribution < 1.29 is 18.8 Å². The first-order valence-corrected chi connectivity index (χ1v) is 7.27. The number of carbonyl (C=O) groups excluding carboxylic acids is 1. The summed E-state index contributed by atoms with van der Waals surface area (Å²) in [5.74, 6) is -0.867. The molecule has 0 saturated carbocycles. The number of benzene rings is 2. The molecule has 2 aromatic carbocycles. The number of halogens is 2. The molecule has 1 amide bonds. The van der Waals surface area contributed by atoms with Crippen LogP contribution < -0.4 is 10.1 Å². The molecule has 2 aromatic rings. The number of hydrogen-bond acceptors (Lipinski definition) is 4. The van der Waals surface area contributed by atoms with Crippen molar-refractivity contribution in [2.75, 3.05) is 5.32 Å². The molecule has 0 aliphatic heterocycles. The van der Waals surface area contributed by atoms with E-state index < -0.39 is 22.2 Å². The molecule has 24 heavy (non-hydrogen) atoms. The van der Waals surface area contributed by atoms with Gasteiger partial charge in [0.15, 0.2) is 5.60 Å². The van der Waals surface area contributed by atoms with E-state index in [1.807, 2.05) is 0 Å². The number of nitrogens with one attached hydrogen (secondary N) is 1. The first-order chi connectivity index (χ1) is 11.2. The van der Waals surface area contributed by atoms with Crippen molar-refractivity contribution in [1.29, 1.82) is 0 Å². The summed E-state index contributed by atoms with van der Waals surface area (Å²) < 4.78 is 19.0. The summed E-state index contributed by atoms with van der Waals surface area (Å²) in [6.07, 6.45) is 0. The van der Waals surface area contributed by atoms with Crippen molar-refractivity contribution in [1.82, 2.24) is 0 Å². The Hall–Kier alpha value is -2.67. The van der Waals surface area contributed by atoms with E-state index in [0.29, 0.717) is 5.75 Å². The third kappa shape index (κ3) is 4.20. The van der Waals surface area contributed by atoms with Crippen LogP contribution in [0.25, 0.3) is 0 Å². The van der Waals surface area contributed by atoms with Crippen LogP contribution in [0.1, 0.15) is 13.8 Å². The van der Waals surface area contributed by atoms with Crippen molar-refractivity contribution >= 4 is 28.9 Å². The molecule has 0 aromatic heterocycles. The van der Waals surface area contributed by atoms with Crippen LogP contribution in [0.5, 0.6) is 5.75 Å². The van der Waals surface area contributed by atoms with Crippen LogP contribution in [0.2, 0.25) is 5.02 Å². The van der Waals surface area contributed by atoms with Gasteiger partial charge in [-0.15, -0.1) is 0 Å². The van der Waals surface area contributed by atoms with Crippen molar-refractivity contribution in [2.24, 2.45) is 0 Å². The predicted molar refractivity (Wildman–Crippen MR) is 87.8 cm³/mol. The Bertz CT molecular complexity index is 778. The van der Waals surface area contributed by atoms with E-state index in [4.69, 9.17) is 16.3 Å². The Balaban J connectivity index is 2.09. The second-order valence-electron chi connectivity index (χ2n) is 5.45. The van der Waals surface area contributed by atoms with Gasteiger partial charge < -0.3 is 10.1 Å². The highest BCUT2D eigenvalue weighted by Crippen LogP contribution is 2.24. The van der Waals surface area contributed by atoms with Crippen LogP contribution in [-0.2, 0) is 4.79 Å². The Morgan fingerprint density at radius 3 is 2.42 bits per heavy atom. The van der Waals surface area contributed by atoms with Crippen LogP contribution in [0.3, 0.4) is 0 Å². The summed E-state index contributed by atoms with van der Waals surface area (Å²) in [7, 11) is 0. The molecule has 0 heterocycles. The fraction of sp³-hybridized carbons (Fsp3) is 0.188. The minimum atomic E-state index is -1.29. The van der Waals surface area contributed by atoms with Crippen LogP contribution in [0, 0.1) is 15.9 Å². The zero-order chi connectivity index (χ0) is 17.9. The zero-order valence-electron chi connectivity index (χ0n) is 12.9. The van der Waals surface area contributed by atoms with Gasteiger partial charge in [-0.2, -0.15) is 0 Å². The minimum Gasteiger partial charge on any atom is -0.478 e. The molecule has 0 fully saturated rings. The van der Waals surface area contributed by atoms with Gasteiger partial charge in [0.1, 0.15) is 11.6 Å². The minimum absolute atomic E-state index is 0.0469. The number of hydrogen-bond donors (Lipinski definition) is 1. The average Bonchev–Trinajstić information content (AvgIpc) is 2.51. The van der Waals surface area contributed by atoms with Crippen molar-refractivity contribution in [3.63, 3.8) is 0 Å². The maximum Gasteiger partial charge on any atom is 0.269 e. The van der Waals surface area contributed by atoms with Gasteiger partial charge in [0.25, 0.3) is 11.6 Å². The first-order valence-electron chi connectivity index (χ1n) is 6.89. The van der Waals surface area contributed by atoms with E-state index in [2.05, 4.69) is 5.32 Å². The third-order valence-electron chi connectivity index (χ3n) is 3.14. The summed E-state index contributed by atoms with van der Waals surface area (Å²) in [6.45, 7) is 3.05. The molecule has 0 aliphatic rings. The fourth-order valence-corrected chi connectivity index (χ4v) is 1.95. The monoisotopic (exact) mass is 352 g/mol. The number of carbonyl (C=O) groups is 1. The predicted octanol–water partition coefficient (Wildman–Crippen LogP) is 4.18. The van der Waals surface area contributed by atoms with E-state index in [9.17, 15) is 19.3 Å². The molecule has 2 rings (SSSR count). The molecule has 0 saturated heterocycles. The van der Waals surface area contributed by atoms with Crippen LogP contribution >= 0.6 is 11.6 Å². The lowest BCUT2D eigenvalue weighted by Crippen LogP contribution is -2.42. The molecule has 0 spiro atoms. The van der Waals surface area contributed by atoms with Gasteiger partial charge >= 0.3 is 0 Å². The molecule has 6 nitrogen and oxygen atoms in total. The standard InChI is InChI=1S/C16H14ClFN2O4/c1-16(2,24-12-6-4-11(5-7-12)20(22)23)15(21)19-10-3-8-13(17)14(18)9-10/h3-9H,1-2H3,(H,19,21). The number of anilines is 1. The SMILES string of the molecule is CC(C)(Oc1ccc([N+](=O)[O-])cc1)C(=O)Nc1ccc(Cl)c(F)c1. The number of nitro benzene ring substituents is 1. The van der Waals surface area contributed by atoms with Gasteiger partial charge in [-0.05, 0) is 44.2 Å². The highest BCUT2D eigenvalue weighted by Gasteiger charge is 2.30. The Kier molecular flexibility index (Phi) is 5.04. The Morgan fingerprint density at radius 1 is 1.25 bits per heavy atom. The second-order valence-corrected chi connectivity index (χ2v) is 5.85. The smallest absolute Gasteiger partial charge is 0.269 e. The zero-order valence-corrected chi connectivity index (χ0v) is 13.6. The van der Waals surface area contributed by atoms with Crippen molar-refractivity contribution in [2.45, 2.75) is 19.4 Å². The fourth-order valence-electron chi connectivity index (χ4n) is 1.83. The molecule has 1 N–H and O–H groups in total. The van der Waals surface area contributed by atoms with Gasteiger partial charge in [-0.3, -0.25) is 14.9 Å². The maximum absolute atomic E-state index is 13.4. The lowest BCUT2D eigenvalue weighted by Gasteiger charge is -2.25. The lowest BCUT2D eigenvalue weighted by atomic mass is 10.1. The van der Waals surface area contributed by atoms with E-state index in [1.54, 1.807) is 0 Å². The maximum atomic E-state index is 13.4. The van der Waals surface area contributed by atoms with E-state index in [0.717, 1.165) is 6.07 Å². The highest BCUT2D eigenvalue weighted by atomic mass is 35.5. The quantitative estimate of drug-likeness (QED) is 0.646. The average molecular weight is 353 g/mol. The molecule has 0 unspecified atom stereocenters. The second kappa shape index (κ2) is 6.84. The molecule has 0 bridgehead atoms. The summed E-state index contributed by atoms with van der Waals surface area (Å²) in [6, 6.07) is 9.24. The number of rotatable bonds is 5. The number of ether oxygens (including phenoxy) is 1. The van der Waals surface area contributed by atoms with Crippen LogP contribution in [0.15, 0.2) is 42.5 Å². The highest BCUT2D eigenvalue weighted by molar-refractivity contribution is 6.30.